The van der Waals surface area contributed by atoms with Gasteiger partial charge in [0.2, 0.25) is 0 Å². The van der Waals surface area contributed by atoms with Crippen LogP contribution >= 0.6 is 0 Å². The van der Waals surface area contributed by atoms with Crippen LogP contribution in [0.5, 0.6) is 0 Å². The number of aliphatic imine (C=N–C) groups is 2. The lowest BCUT2D eigenvalue weighted by molar-refractivity contribution is 1.22. The lowest BCUT2D eigenvalue weighted by Gasteiger charge is -2.09. The molecule has 1 aromatic carbocycles. The highest BCUT2D eigenvalue weighted by molar-refractivity contribution is 6.01. The number of aromatic nitrogens is 1. The number of hydrogen-bond acceptors (Lipinski definition) is 3. The number of nitrogens with zero attached hydrogens (tertiary/aromatic N) is 3. The molecule has 1 aromatic heterocycles. The maximum atomic E-state index is 4.81. The molecule has 0 radical (unpaired) electrons. The van der Waals surface area contributed by atoms with Crippen molar-refractivity contribution in [1.82, 2.24) is 4.98 Å². The van der Waals surface area contributed by atoms with Crippen molar-refractivity contribution in [3.8, 4) is 0 Å². The molecule has 0 atom stereocenters. The lowest BCUT2D eigenvalue weighted by Crippen LogP contribution is -2.05. The van der Waals surface area contributed by atoms with Crippen LogP contribution in [0.4, 0.5) is 5.69 Å². The van der Waals surface area contributed by atoms with Gasteiger partial charge in [0.1, 0.15) is 0 Å². The van der Waals surface area contributed by atoms with Crippen molar-refractivity contribution in [2.24, 2.45) is 9.98 Å². The van der Waals surface area contributed by atoms with Crippen LogP contribution in [0.2, 0.25) is 0 Å². The predicted molar refractivity (Wildman–Crippen MR) is 94.9 cm³/mol. The molecule has 0 spiro atoms. The summed E-state index contributed by atoms with van der Waals surface area (Å²) in [6.07, 6.45) is 0. The van der Waals surface area contributed by atoms with Gasteiger partial charge >= 0.3 is 0 Å². The van der Waals surface area contributed by atoms with Crippen LogP contribution in [0.25, 0.3) is 0 Å². The summed E-state index contributed by atoms with van der Waals surface area (Å²) < 4.78 is 0. The van der Waals surface area contributed by atoms with Crippen LogP contribution in [0, 0.1) is 20.8 Å². The minimum atomic E-state index is 0.889. The molecule has 0 N–H and O–H groups in total. The molecule has 3 nitrogen and oxygen atoms in total. The molecule has 0 aliphatic carbocycles. The zero-order valence-corrected chi connectivity index (χ0v) is 14.2. The van der Waals surface area contributed by atoms with E-state index in [0.29, 0.717) is 0 Å². The average molecular weight is 293 g/mol. The highest BCUT2D eigenvalue weighted by atomic mass is 14.8. The van der Waals surface area contributed by atoms with Crippen LogP contribution in [-0.2, 0) is 0 Å². The molecular weight excluding hydrogens is 270 g/mol. The summed E-state index contributed by atoms with van der Waals surface area (Å²) in [5, 5.41) is 0. The Morgan fingerprint density at radius 3 is 2.00 bits per heavy atom. The van der Waals surface area contributed by atoms with Crippen LogP contribution in [0.15, 0.2) is 40.3 Å². The largest absolute Gasteiger partial charge is 0.291 e. The quantitative estimate of drug-likeness (QED) is 0.763. The standard InChI is InChI=1S/C19H23N3/c1-12-10-13(2)19(14(3)11-12)21-16(5)18-9-7-8-17(22-18)15(4)20-6/h7-11H,1-6H3. The van der Waals surface area contributed by atoms with E-state index < -0.39 is 0 Å². The molecule has 0 unspecified atom stereocenters. The van der Waals surface area contributed by atoms with E-state index >= 15 is 0 Å². The average Bonchev–Trinajstić information content (AvgIpc) is 2.50. The first-order chi connectivity index (χ1) is 10.4. The number of aryl methyl sites for hydroxylation is 3. The fourth-order valence-corrected chi connectivity index (χ4v) is 2.53. The topological polar surface area (TPSA) is 37.6 Å². The third kappa shape index (κ3) is 3.48. The molecule has 2 aromatic rings. The summed E-state index contributed by atoms with van der Waals surface area (Å²) in [7, 11) is 1.78. The van der Waals surface area contributed by atoms with E-state index in [1.54, 1.807) is 7.05 Å². The normalized spacial score (nSPS) is 12.6. The second kappa shape index (κ2) is 6.65. The summed E-state index contributed by atoms with van der Waals surface area (Å²) >= 11 is 0. The Kier molecular flexibility index (Phi) is 4.86. The van der Waals surface area contributed by atoms with Gasteiger partial charge in [-0.1, -0.05) is 23.8 Å². The SMILES string of the molecule is CN=C(C)c1cccc(C(C)=Nc2c(C)cc(C)cc2C)n1. The minimum Gasteiger partial charge on any atom is -0.291 e. The Morgan fingerprint density at radius 2 is 1.45 bits per heavy atom. The first-order valence-electron chi connectivity index (χ1n) is 7.46. The first kappa shape index (κ1) is 16.1. The Morgan fingerprint density at radius 1 is 0.909 bits per heavy atom. The van der Waals surface area contributed by atoms with E-state index in [1.807, 2.05) is 32.0 Å². The second-order valence-electron chi connectivity index (χ2n) is 5.66. The maximum Gasteiger partial charge on any atom is 0.0849 e. The smallest absolute Gasteiger partial charge is 0.0849 e. The number of pyridine rings is 1. The van der Waals surface area contributed by atoms with E-state index in [0.717, 1.165) is 28.5 Å². The zero-order chi connectivity index (χ0) is 16.3. The molecule has 0 saturated carbocycles. The van der Waals surface area contributed by atoms with Crippen molar-refractivity contribution in [1.29, 1.82) is 0 Å². The van der Waals surface area contributed by atoms with Gasteiger partial charge in [-0.3, -0.25) is 9.98 Å². The highest BCUT2D eigenvalue weighted by Gasteiger charge is 2.07. The fraction of sp³-hybridized carbons (Fsp3) is 0.316. The molecule has 0 saturated heterocycles. The summed E-state index contributed by atoms with van der Waals surface area (Å²) in [5.74, 6) is 0. The number of rotatable bonds is 3. The lowest BCUT2D eigenvalue weighted by atomic mass is 10.1. The number of hydrogen-bond donors (Lipinski definition) is 0. The summed E-state index contributed by atoms with van der Waals surface area (Å²) in [4.78, 5) is 13.7. The third-order valence-electron chi connectivity index (χ3n) is 3.74. The van der Waals surface area contributed by atoms with Crippen LogP contribution < -0.4 is 0 Å². The zero-order valence-electron chi connectivity index (χ0n) is 14.2. The van der Waals surface area contributed by atoms with Gasteiger partial charge in [0, 0.05) is 7.05 Å². The van der Waals surface area contributed by atoms with Gasteiger partial charge < -0.3 is 0 Å². The van der Waals surface area contributed by atoms with E-state index in [4.69, 9.17) is 4.99 Å². The Balaban J connectivity index is 2.46. The molecule has 22 heavy (non-hydrogen) atoms. The highest BCUT2D eigenvalue weighted by Crippen LogP contribution is 2.25. The van der Waals surface area contributed by atoms with Gasteiger partial charge in [-0.15, -0.1) is 0 Å². The molecule has 0 aliphatic heterocycles. The van der Waals surface area contributed by atoms with E-state index in [9.17, 15) is 0 Å². The monoisotopic (exact) mass is 293 g/mol. The molecule has 0 fully saturated rings. The van der Waals surface area contributed by atoms with Crippen LogP contribution in [-0.4, -0.2) is 23.5 Å². The van der Waals surface area contributed by atoms with Gasteiger partial charge in [0.15, 0.2) is 0 Å². The van der Waals surface area contributed by atoms with Gasteiger partial charge in [-0.05, 0) is 57.9 Å². The van der Waals surface area contributed by atoms with Crippen molar-refractivity contribution in [3.05, 3.63) is 58.4 Å². The van der Waals surface area contributed by atoms with E-state index in [1.165, 1.54) is 16.7 Å². The van der Waals surface area contributed by atoms with Gasteiger partial charge in [0.25, 0.3) is 0 Å². The predicted octanol–water partition coefficient (Wildman–Crippen LogP) is 4.59. The van der Waals surface area contributed by atoms with Crippen LogP contribution in [0.1, 0.15) is 41.9 Å². The summed E-state index contributed by atoms with van der Waals surface area (Å²) in [6, 6.07) is 10.3. The van der Waals surface area contributed by atoms with Gasteiger partial charge in [-0.25, -0.2) is 4.98 Å². The Bertz CT molecular complexity index is 732. The Labute approximate surface area is 132 Å². The molecule has 3 heteroatoms. The van der Waals surface area contributed by atoms with Crippen LogP contribution in [0.3, 0.4) is 0 Å². The van der Waals surface area contributed by atoms with E-state index in [-0.39, 0.29) is 0 Å². The summed E-state index contributed by atoms with van der Waals surface area (Å²) in [5.41, 5.74) is 8.32. The second-order valence-corrected chi connectivity index (χ2v) is 5.66. The number of benzene rings is 1. The fourth-order valence-electron chi connectivity index (χ4n) is 2.53. The molecule has 114 valence electrons. The summed E-state index contributed by atoms with van der Waals surface area (Å²) in [6.45, 7) is 10.3. The molecule has 0 aliphatic rings. The molecule has 0 amide bonds. The van der Waals surface area contributed by atoms with E-state index in [2.05, 4.69) is 42.9 Å². The van der Waals surface area contributed by atoms with Gasteiger partial charge in [-0.2, -0.15) is 0 Å². The maximum absolute atomic E-state index is 4.81. The first-order valence-corrected chi connectivity index (χ1v) is 7.46. The molecule has 1 heterocycles. The van der Waals surface area contributed by atoms with Crippen molar-refractivity contribution in [2.75, 3.05) is 7.05 Å². The minimum absolute atomic E-state index is 0.889. The van der Waals surface area contributed by atoms with Crippen molar-refractivity contribution in [3.63, 3.8) is 0 Å². The van der Waals surface area contributed by atoms with Gasteiger partial charge in [0.05, 0.1) is 28.5 Å². The van der Waals surface area contributed by atoms with Crippen molar-refractivity contribution in [2.45, 2.75) is 34.6 Å². The molecule has 0 bridgehead atoms. The van der Waals surface area contributed by atoms with Crippen molar-refractivity contribution >= 4 is 17.1 Å². The third-order valence-corrected chi connectivity index (χ3v) is 3.74. The van der Waals surface area contributed by atoms with Crippen molar-refractivity contribution < 1.29 is 0 Å². The molecule has 2 rings (SSSR count). The Hall–Kier alpha value is -2.29. The molecular formula is C19H23N3.